The fraction of sp³-hybridized carbons (Fsp3) is 0.375. The first kappa shape index (κ1) is 21.1. The summed E-state index contributed by atoms with van der Waals surface area (Å²) in [4.78, 5) is 15.8. The van der Waals surface area contributed by atoms with E-state index in [1.165, 1.54) is 25.5 Å². The van der Waals surface area contributed by atoms with Crippen molar-refractivity contribution in [3.05, 3.63) is 70.3 Å². The van der Waals surface area contributed by atoms with Crippen molar-refractivity contribution in [1.82, 2.24) is 4.90 Å². The highest BCUT2D eigenvalue weighted by molar-refractivity contribution is 7.90. The van der Waals surface area contributed by atoms with Gasteiger partial charge in [-0.1, -0.05) is 55.1 Å². The Labute approximate surface area is 183 Å². The number of hydrogen-bond acceptors (Lipinski definition) is 3. The Morgan fingerprint density at radius 3 is 2.07 bits per heavy atom. The summed E-state index contributed by atoms with van der Waals surface area (Å²) in [5.74, 6) is 0.110. The van der Waals surface area contributed by atoms with Gasteiger partial charge in [0.2, 0.25) is 0 Å². The summed E-state index contributed by atoms with van der Waals surface area (Å²) in [5, 5.41) is 0.636. The molecule has 1 saturated heterocycles. The molecule has 0 bridgehead atoms. The lowest BCUT2D eigenvalue weighted by Gasteiger charge is -2.30. The average molecular weight is 444 g/mol. The second-order valence-electron chi connectivity index (χ2n) is 8.20. The van der Waals surface area contributed by atoms with Crippen molar-refractivity contribution >= 4 is 32.9 Å². The molecule has 4 nitrogen and oxygen atoms in total. The van der Waals surface area contributed by atoms with Crippen LogP contribution in [-0.2, 0) is 14.6 Å². The van der Waals surface area contributed by atoms with E-state index >= 15 is 0 Å². The van der Waals surface area contributed by atoms with Crippen molar-refractivity contribution in [1.29, 1.82) is 0 Å². The molecule has 4 rings (SSSR count). The van der Waals surface area contributed by atoms with Crippen molar-refractivity contribution in [2.75, 3.05) is 12.8 Å². The Morgan fingerprint density at radius 2 is 1.50 bits per heavy atom. The van der Waals surface area contributed by atoms with Crippen LogP contribution in [0.4, 0.5) is 0 Å². The van der Waals surface area contributed by atoms with Crippen molar-refractivity contribution in [3.8, 4) is 0 Å². The van der Waals surface area contributed by atoms with Crippen molar-refractivity contribution < 1.29 is 13.2 Å². The standard InChI is InChI=1S/C24H26ClNO3S/c1-30(28,29)21-13-9-18(10-14-21)23(17-7-11-19(25)12-8-17)22-15-16-26(24(22)27)20-5-3-2-4-6-20/h7-14,20H,2-6,15-16H2,1H3/b23-22+. The molecular weight excluding hydrogens is 418 g/mol. The fourth-order valence-corrected chi connectivity index (χ4v) is 5.34. The number of benzene rings is 2. The number of carbonyl (C=O) groups excluding carboxylic acids is 1. The van der Waals surface area contributed by atoms with Gasteiger partial charge in [0.25, 0.3) is 5.91 Å². The number of halogens is 1. The van der Waals surface area contributed by atoms with Crippen LogP contribution in [0.1, 0.15) is 49.7 Å². The van der Waals surface area contributed by atoms with Crippen LogP contribution < -0.4 is 0 Å². The molecule has 2 aromatic rings. The molecule has 1 heterocycles. The molecule has 0 atom stereocenters. The van der Waals surface area contributed by atoms with E-state index in [9.17, 15) is 13.2 Å². The Bertz CT molecular complexity index is 1070. The van der Waals surface area contributed by atoms with Gasteiger partial charge in [-0.2, -0.15) is 0 Å². The van der Waals surface area contributed by atoms with Crippen LogP contribution in [-0.4, -0.2) is 38.1 Å². The molecule has 0 unspecified atom stereocenters. The molecule has 1 aliphatic heterocycles. The minimum absolute atomic E-state index is 0.110. The maximum Gasteiger partial charge on any atom is 0.250 e. The second kappa shape index (κ2) is 8.56. The number of nitrogens with zero attached hydrogens (tertiary/aromatic N) is 1. The van der Waals surface area contributed by atoms with Crippen LogP contribution in [0.15, 0.2) is 59.0 Å². The summed E-state index contributed by atoms with van der Waals surface area (Å²) in [6, 6.07) is 14.6. The molecular formula is C24H26ClNO3S. The lowest BCUT2D eigenvalue weighted by atomic mass is 9.92. The first-order chi connectivity index (χ1) is 14.3. The van der Waals surface area contributed by atoms with E-state index in [1.807, 2.05) is 24.3 Å². The highest BCUT2D eigenvalue weighted by atomic mass is 35.5. The first-order valence-electron chi connectivity index (χ1n) is 10.4. The number of likely N-dealkylation sites (tertiary alicyclic amines) is 1. The molecule has 1 amide bonds. The summed E-state index contributed by atoms with van der Waals surface area (Å²) < 4.78 is 23.7. The zero-order chi connectivity index (χ0) is 21.3. The highest BCUT2D eigenvalue weighted by Crippen LogP contribution is 2.36. The quantitative estimate of drug-likeness (QED) is 0.617. The van der Waals surface area contributed by atoms with Crippen molar-refractivity contribution in [3.63, 3.8) is 0 Å². The number of carbonyl (C=O) groups is 1. The van der Waals surface area contributed by atoms with Crippen LogP contribution in [0.2, 0.25) is 5.02 Å². The van der Waals surface area contributed by atoms with Crippen LogP contribution in [0, 0.1) is 0 Å². The number of rotatable bonds is 4. The van der Waals surface area contributed by atoms with Crippen LogP contribution >= 0.6 is 11.6 Å². The molecule has 1 saturated carbocycles. The lowest BCUT2D eigenvalue weighted by molar-refractivity contribution is -0.127. The van der Waals surface area contributed by atoms with E-state index in [1.54, 1.807) is 24.3 Å². The molecule has 2 aliphatic rings. The Kier molecular flexibility index (Phi) is 6.03. The molecule has 2 aromatic carbocycles. The number of hydrogen-bond donors (Lipinski definition) is 0. The summed E-state index contributed by atoms with van der Waals surface area (Å²) in [7, 11) is -3.28. The van der Waals surface area contributed by atoms with E-state index in [0.29, 0.717) is 17.5 Å². The van der Waals surface area contributed by atoms with E-state index in [2.05, 4.69) is 4.90 Å². The molecule has 1 aliphatic carbocycles. The van der Waals surface area contributed by atoms with Crippen molar-refractivity contribution in [2.24, 2.45) is 0 Å². The van der Waals surface area contributed by atoms with Gasteiger partial charge in [-0.25, -0.2) is 8.42 Å². The fourth-order valence-electron chi connectivity index (χ4n) is 4.59. The third-order valence-corrected chi connectivity index (χ3v) is 7.52. The Balaban J connectivity index is 1.77. The number of amides is 1. The zero-order valence-corrected chi connectivity index (χ0v) is 18.7. The maximum atomic E-state index is 13.4. The minimum atomic E-state index is -3.28. The SMILES string of the molecule is CS(=O)(=O)c1ccc(/C(=C2\CCN(C3CCCCC3)C2=O)c2ccc(Cl)cc2)cc1. The molecule has 158 valence electrons. The topological polar surface area (TPSA) is 54.5 Å². The second-order valence-corrected chi connectivity index (χ2v) is 10.6. The summed E-state index contributed by atoms with van der Waals surface area (Å²) in [5.41, 5.74) is 3.43. The molecule has 0 spiro atoms. The Morgan fingerprint density at radius 1 is 0.933 bits per heavy atom. The van der Waals surface area contributed by atoms with Gasteiger partial charge >= 0.3 is 0 Å². The first-order valence-corrected chi connectivity index (χ1v) is 12.7. The van der Waals surface area contributed by atoms with Crippen LogP contribution in [0.5, 0.6) is 0 Å². The zero-order valence-electron chi connectivity index (χ0n) is 17.1. The third kappa shape index (κ3) is 4.33. The van der Waals surface area contributed by atoms with Gasteiger partial charge in [-0.3, -0.25) is 4.79 Å². The van der Waals surface area contributed by atoms with Gasteiger partial charge in [-0.05, 0) is 60.2 Å². The van der Waals surface area contributed by atoms with Gasteiger partial charge in [-0.15, -0.1) is 0 Å². The molecule has 0 aromatic heterocycles. The summed E-state index contributed by atoms with van der Waals surface area (Å²) >= 11 is 6.09. The molecule has 0 radical (unpaired) electrons. The van der Waals surface area contributed by atoms with Gasteiger partial charge in [0, 0.05) is 29.4 Å². The predicted octanol–water partition coefficient (Wildman–Crippen LogP) is 5.11. The van der Waals surface area contributed by atoms with E-state index in [-0.39, 0.29) is 10.8 Å². The van der Waals surface area contributed by atoms with E-state index in [0.717, 1.165) is 41.7 Å². The van der Waals surface area contributed by atoms with Gasteiger partial charge in [0.15, 0.2) is 9.84 Å². The monoisotopic (exact) mass is 443 g/mol. The molecule has 6 heteroatoms. The van der Waals surface area contributed by atoms with Gasteiger partial charge in [0.05, 0.1) is 4.90 Å². The van der Waals surface area contributed by atoms with Gasteiger partial charge < -0.3 is 4.90 Å². The van der Waals surface area contributed by atoms with Crippen molar-refractivity contribution in [2.45, 2.75) is 49.5 Å². The van der Waals surface area contributed by atoms with Crippen LogP contribution in [0.25, 0.3) is 5.57 Å². The molecule has 0 N–H and O–H groups in total. The maximum absolute atomic E-state index is 13.4. The lowest BCUT2D eigenvalue weighted by Crippen LogP contribution is -2.37. The van der Waals surface area contributed by atoms with E-state index in [4.69, 9.17) is 11.6 Å². The largest absolute Gasteiger partial charge is 0.336 e. The molecule has 30 heavy (non-hydrogen) atoms. The normalized spacial score (nSPS) is 19.9. The summed E-state index contributed by atoms with van der Waals surface area (Å²) in [6.07, 6.45) is 7.68. The van der Waals surface area contributed by atoms with E-state index < -0.39 is 9.84 Å². The highest BCUT2D eigenvalue weighted by Gasteiger charge is 2.34. The Hall–Kier alpha value is -2.11. The third-order valence-electron chi connectivity index (χ3n) is 6.14. The van der Waals surface area contributed by atoms with Crippen LogP contribution in [0.3, 0.4) is 0 Å². The predicted molar refractivity (Wildman–Crippen MR) is 120 cm³/mol. The van der Waals surface area contributed by atoms with Gasteiger partial charge in [0.1, 0.15) is 0 Å². The smallest absolute Gasteiger partial charge is 0.250 e. The average Bonchev–Trinajstić information content (AvgIpc) is 3.11. The number of sulfone groups is 1. The summed E-state index contributed by atoms with van der Waals surface area (Å²) in [6.45, 7) is 0.747. The minimum Gasteiger partial charge on any atom is -0.336 e. The molecule has 2 fully saturated rings.